The van der Waals surface area contributed by atoms with Crippen LogP contribution in [0.4, 0.5) is 4.39 Å². The molecule has 0 saturated heterocycles. The normalized spacial score (nSPS) is 10.9. The Labute approximate surface area is 111 Å². The van der Waals surface area contributed by atoms with Gasteiger partial charge in [0.05, 0.1) is 6.20 Å². The minimum absolute atomic E-state index is 0.280. The van der Waals surface area contributed by atoms with E-state index in [0.29, 0.717) is 23.7 Å². The molecule has 5 heteroatoms. The molecule has 1 N–H and O–H groups in total. The first-order chi connectivity index (χ1) is 8.58. The van der Waals surface area contributed by atoms with Gasteiger partial charge in [-0.25, -0.2) is 4.39 Å². The van der Waals surface area contributed by atoms with Crippen LogP contribution in [-0.2, 0) is 20.1 Å². The molecule has 96 valence electrons. The van der Waals surface area contributed by atoms with Crippen LogP contribution in [0.3, 0.4) is 0 Å². The molecule has 0 fully saturated rings. The average molecular weight is 268 g/mol. The van der Waals surface area contributed by atoms with Crippen molar-refractivity contribution in [3.8, 4) is 0 Å². The van der Waals surface area contributed by atoms with Crippen molar-refractivity contribution < 1.29 is 4.39 Å². The maximum Gasteiger partial charge on any atom is 0.129 e. The summed E-state index contributed by atoms with van der Waals surface area (Å²) in [6.45, 7) is 3.14. The van der Waals surface area contributed by atoms with Gasteiger partial charge >= 0.3 is 0 Å². The number of aryl methyl sites for hydroxylation is 1. The first-order valence-electron chi connectivity index (χ1n) is 5.70. The molecular weight excluding hydrogens is 253 g/mol. The van der Waals surface area contributed by atoms with Crippen molar-refractivity contribution in [1.82, 2.24) is 15.1 Å². The van der Waals surface area contributed by atoms with Gasteiger partial charge in [-0.3, -0.25) is 4.68 Å². The van der Waals surface area contributed by atoms with Crippen molar-refractivity contribution in [3.05, 3.63) is 52.1 Å². The van der Waals surface area contributed by atoms with Crippen LogP contribution in [0.15, 0.2) is 24.4 Å². The molecule has 0 atom stereocenters. The number of hydrogen-bond acceptors (Lipinski definition) is 2. The average Bonchev–Trinajstić information content (AvgIpc) is 2.64. The van der Waals surface area contributed by atoms with Gasteiger partial charge in [0.25, 0.3) is 0 Å². The maximum absolute atomic E-state index is 13.5. The Hall–Kier alpha value is -1.39. The minimum Gasteiger partial charge on any atom is -0.308 e. The van der Waals surface area contributed by atoms with E-state index in [1.807, 2.05) is 24.9 Å². The molecule has 0 unspecified atom stereocenters. The second-order valence-electron chi connectivity index (χ2n) is 4.22. The summed E-state index contributed by atoms with van der Waals surface area (Å²) in [6.07, 6.45) is 1.82. The van der Waals surface area contributed by atoms with E-state index in [0.717, 1.165) is 11.3 Å². The van der Waals surface area contributed by atoms with Crippen molar-refractivity contribution in [2.45, 2.75) is 20.0 Å². The summed E-state index contributed by atoms with van der Waals surface area (Å²) in [7, 11) is 1.90. The molecule has 0 spiro atoms. The number of hydrogen-bond donors (Lipinski definition) is 1. The summed E-state index contributed by atoms with van der Waals surface area (Å²) in [5.74, 6) is -0.280. The highest BCUT2D eigenvalue weighted by Crippen LogP contribution is 2.14. The molecule has 0 aliphatic heterocycles. The first kappa shape index (κ1) is 13.1. The largest absolute Gasteiger partial charge is 0.308 e. The molecule has 0 aliphatic carbocycles. The summed E-state index contributed by atoms with van der Waals surface area (Å²) in [4.78, 5) is 0. The summed E-state index contributed by atoms with van der Waals surface area (Å²) in [5.41, 5.74) is 2.84. The Morgan fingerprint density at radius 2 is 2.06 bits per heavy atom. The third-order valence-corrected chi connectivity index (χ3v) is 3.22. The van der Waals surface area contributed by atoms with Crippen molar-refractivity contribution in [2.24, 2.45) is 7.05 Å². The zero-order valence-corrected chi connectivity index (χ0v) is 11.1. The summed E-state index contributed by atoms with van der Waals surface area (Å²) >= 11 is 5.70. The summed E-state index contributed by atoms with van der Waals surface area (Å²) in [6, 6.07) is 4.71. The monoisotopic (exact) mass is 267 g/mol. The van der Waals surface area contributed by atoms with Gasteiger partial charge in [-0.05, 0) is 19.1 Å². The van der Waals surface area contributed by atoms with Crippen molar-refractivity contribution in [2.75, 3.05) is 0 Å². The SMILES string of the molecule is Cc1c(CNCc2ccc(Cl)cc2F)cnn1C. The van der Waals surface area contributed by atoms with Crippen LogP contribution < -0.4 is 5.32 Å². The van der Waals surface area contributed by atoms with Gasteiger partial charge in [-0.2, -0.15) is 5.10 Å². The minimum atomic E-state index is -0.280. The van der Waals surface area contributed by atoms with Crippen molar-refractivity contribution >= 4 is 11.6 Å². The molecule has 2 aromatic rings. The van der Waals surface area contributed by atoms with E-state index < -0.39 is 0 Å². The van der Waals surface area contributed by atoms with E-state index in [-0.39, 0.29) is 5.82 Å². The first-order valence-corrected chi connectivity index (χ1v) is 6.08. The molecule has 2 rings (SSSR count). The van der Waals surface area contributed by atoms with Crippen LogP contribution in [0.5, 0.6) is 0 Å². The van der Waals surface area contributed by atoms with Crippen LogP contribution in [0.25, 0.3) is 0 Å². The van der Waals surface area contributed by atoms with Gasteiger partial charge in [0.1, 0.15) is 5.82 Å². The van der Waals surface area contributed by atoms with Gasteiger partial charge in [-0.15, -0.1) is 0 Å². The predicted octanol–water partition coefficient (Wildman–Crippen LogP) is 2.81. The fourth-order valence-electron chi connectivity index (χ4n) is 1.71. The Morgan fingerprint density at radius 3 is 2.67 bits per heavy atom. The second-order valence-corrected chi connectivity index (χ2v) is 4.65. The zero-order valence-electron chi connectivity index (χ0n) is 10.4. The highest BCUT2D eigenvalue weighted by molar-refractivity contribution is 6.30. The maximum atomic E-state index is 13.5. The molecule has 3 nitrogen and oxygen atoms in total. The lowest BCUT2D eigenvalue weighted by Gasteiger charge is -2.06. The molecule has 1 heterocycles. The Kier molecular flexibility index (Phi) is 3.99. The number of halogens is 2. The molecule has 0 aliphatic rings. The smallest absolute Gasteiger partial charge is 0.129 e. The van der Waals surface area contributed by atoms with E-state index in [2.05, 4.69) is 10.4 Å². The molecular formula is C13H15ClFN3. The van der Waals surface area contributed by atoms with Gasteiger partial charge in [0.2, 0.25) is 0 Å². The predicted molar refractivity (Wildman–Crippen MR) is 69.9 cm³/mol. The fraction of sp³-hybridized carbons (Fsp3) is 0.308. The summed E-state index contributed by atoms with van der Waals surface area (Å²) in [5, 5.41) is 7.77. The van der Waals surface area contributed by atoms with Crippen LogP contribution in [0.2, 0.25) is 5.02 Å². The summed E-state index contributed by atoms with van der Waals surface area (Å²) < 4.78 is 15.3. The fourth-order valence-corrected chi connectivity index (χ4v) is 1.87. The molecule has 18 heavy (non-hydrogen) atoms. The molecule has 0 amide bonds. The van der Waals surface area contributed by atoms with E-state index in [9.17, 15) is 4.39 Å². The van der Waals surface area contributed by atoms with E-state index in [4.69, 9.17) is 11.6 Å². The molecule has 0 radical (unpaired) electrons. The van der Waals surface area contributed by atoms with Crippen LogP contribution in [-0.4, -0.2) is 9.78 Å². The highest BCUT2D eigenvalue weighted by atomic mass is 35.5. The van der Waals surface area contributed by atoms with Gasteiger partial charge < -0.3 is 5.32 Å². The molecule has 0 saturated carbocycles. The number of nitrogens with one attached hydrogen (secondary N) is 1. The quantitative estimate of drug-likeness (QED) is 0.923. The van der Waals surface area contributed by atoms with Crippen molar-refractivity contribution in [3.63, 3.8) is 0 Å². The number of nitrogens with zero attached hydrogens (tertiary/aromatic N) is 2. The Balaban J connectivity index is 1.94. The number of rotatable bonds is 4. The van der Waals surface area contributed by atoms with E-state index in [1.54, 1.807) is 12.1 Å². The van der Waals surface area contributed by atoms with Crippen LogP contribution in [0.1, 0.15) is 16.8 Å². The number of benzene rings is 1. The third-order valence-electron chi connectivity index (χ3n) is 2.98. The van der Waals surface area contributed by atoms with Crippen LogP contribution in [0, 0.1) is 12.7 Å². The molecule has 1 aromatic heterocycles. The topological polar surface area (TPSA) is 29.9 Å². The third kappa shape index (κ3) is 2.89. The Bertz CT molecular complexity index is 551. The second kappa shape index (κ2) is 5.50. The Morgan fingerprint density at radius 1 is 1.33 bits per heavy atom. The van der Waals surface area contributed by atoms with E-state index >= 15 is 0 Å². The lowest BCUT2D eigenvalue weighted by atomic mass is 10.2. The highest BCUT2D eigenvalue weighted by Gasteiger charge is 2.05. The van der Waals surface area contributed by atoms with Gasteiger partial charge in [-0.1, -0.05) is 17.7 Å². The van der Waals surface area contributed by atoms with Crippen molar-refractivity contribution in [1.29, 1.82) is 0 Å². The number of aromatic nitrogens is 2. The standard InChI is InChI=1S/C13H15ClFN3/c1-9-11(8-17-18(9)2)7-16-6-10-3-4-12(14)5-13(10)15/h3-5,8,16H,6-7H2,1-2H3. The zero-order chi connectivity index (χ0) is 13.1. The van der Waals surface area contributed by atoms with Gasteiger partial charge in [0.15, 0.2) is 0 Å². The van der Waals surface area contributed by atoms with Gasteiger partial charge in [0, 0.05) is 42.0 Å². The lowest BCUT2D eigenvalue weighted by Crippen LogP contribution is -2.14. The molecule has 1 aromatic carbocycles. The van der Waals surface area contributed by atoms with E-state index in [1.165, 1.54) is 6.07 Å². The van der Waals surface area contributed by atoms with Crippen LogP contribution >= 0.6 is 11.6 Å². The molecule has 0 bridgehead atoms. The lowest BCUT2D eigenvalue weighted by molar-refractivity contribution is 0.587.